The minimum absolute atomic E-state index is 0.0730. The van der Waals surface area contributed by atoms with Crippen LogP contribution in [0.15, 0.2) is 66.7 Å². The predicted molar refractivity (Wildman–Crippen MR) is 116 cm³/mol. The molecule has 174 valence electrons. The fourth-order valence-electron chi connectivity index (χ4n) is 3.20. The summed E-state index contributed by atoms with van der Waals surface area (Å²) >= 11 is 0. The summed E-state index contributed by atoms with van der Waals surface area (Å²) in [5.41, 5.74) is 0.529. The Morgan fingerprint density at radius 1 is 0.879 bits per heavy atom. The Bertz CT molecular complexity index is 1100. The average Bonchev–Trinajstić information content (AvgIpc) is 2.79. The molecule has 0 aliphatic heterocycles. The van der Waals surface area contributed by atoms with Crippen LogP contribution in [0.5, 0.6) is 11.5 Å². The zero-order valence-electron chi connectivity index (χ0n) is 17.9. The van der Waals surface area contributed by atoms with Crippen molar-refractivity contribution in [3.05, 3.63) is 89.2 Å². The van der Waals surface area contributed by atoms with Gasteiger partial charge < -0.3 is 19.7 Å². The topological polar surface area (TPSA) is 50.8 Å². The van der Waals surface area contributed by atoms with Crippen molar-refractivity contribution in [1.29, 1.82) is 0 Å². The van der Waals surface area contributed by atoms with Crippen molar-refractivity contribution in [3.8, 4) is 11.5 Å². The van der Waals surface area contributed by atoms with E-state index in [2.05, 4.69) is 5.32 Å². The van der Waals surface area contributed by atoms with E-state index in [0.29, 0.717) is 28.3 Å². The van der Waals surface area contributed by atoms with Gasteiger partial charge in [0.05, 0.1) is 19.8 Å². The number of carbonyl (C=O) groups is 1. The van der Waals surface area contributed by atoms with Gasteiger partial charge in [-0.1, -0.05) is 18.2 Å². The summed E-state index contributed by atoms with van der Waals surface area (Å²) in [7, 11) is 2.97. The van der Waals surface area contributed by atoms with E-state index in [0.717, 1.165) is 12.1 Å². The number of carbonyl (C=O) groups excluding carboxylic acids is 1. The van der Waals surface area contributed by atoms with Gasteiger partial charge in [0.1, 0.15) is 5.82 Å². The van der Waals surface area contributed by atoms with Crippen LogP contribution in [-0.4, -0.2) is 25.2 Å². The molecule has 3 aromatic rings. The fraction of sp³-hybridized carbons (Fsp3) is 0.208. The van der Waals surface area contributed by atoms with Crippen molar-refractivity contribution in [2.75, 3.05) is 19.5 Å². The van der Waals surface area contributed by atoms with Crippen molar-refractivity contribution >= 4 is 11.7 Å². The number of rotatable bonds is 7. The molecule has 0 aliphatic carbocycles. The van der Waals surface area contributed by atoms with Crippen LogP contribution in [0.4, 0.5) is 28.0 Å². The van der Waals surface area contributed by atoms with Gasteiger partial charge >= 0.3 is 12.2 Å². The van der Waals surface area contributed by atoms with Crippen LogP contribution in [-0.2, 0) is 19.3 Å². The number of benzene rings is 3. The van der Waals surface area contributed by atoms with Crippen LogP contribution < -0.4 is 14.8 Å². The third-order valence-electron chi connectivity index (χ3n) is 4.83. The first-order valence-corrected chi connectivity index (χ1v) is 9.88. The molecule has 0 atom stereocenters. The quantitative estimate of drug-likeness (QED) is 0.432. The van der Waals surface area contributed by atoms with E-state index in [1.807, 2.05) is 0 Å². The minimum Gasteiger partial charge on any atom is -0.493 e. The molecule has 5 nitrogen and oxygen atoms in total. The summed E-state index contributed by atoms with van der Waals surface area (Å²) in [6.07, 6.45) is -4.50. The molecule has 2 amide bonds. The first kappa shape index (κ1) is 23.9. The molecule has 0 saturated carbocycles. The molecule has 9 heteroatoms. The van der Waals surface area contributed by atoms with Crippen LogP contribution in [0.2, 0.25) is 0 Å². The molecule has 1 N–H and O–H groups in total. The Morgan fingerprint density at radius 2 is 1.52 bits per heavy atom. The minimum atomic E-state index is -4.50. The number of halogens is 4. The number of amides is 2. The predicted octanol–water partition coefficient (Wildman–Crippen LogP) is 6.10. The molecule has 0 bridgehead atoms. The van der Waals surface area contributed by atoms with Gasteiger partial charge in [-0.2, -0.15) is 13.2 Å². The number of nitrogens with zero attached hydrogens (tertiary/aromatic N) is 1. The first-order chi connectivity index (χ1) is 15.7. The van der Waals surface area contributed by atoms with Gasteiger partial charge in [-0.3, -0.25) is 0 Å². The number of nitrogens with one attached hydrogen (secondary N) is 1. The lowest BCUT2D eigenvalue weighted by Gasteiger charge is -2.24. The second kappa shape index (κ2) is 10.2. The molecular weight excluding hydrogens is 440 g/mol. The summed E-state index contributed by atoms with van der Waals surface area (Å²) in [4.78, 5) is 14.4. The van der Waals surface area contributed by atoms with E-state index in [1.54, 1.807) is 18.2 Å². The smallest absolute Gasteiger partial charge is 0.416 e. The van der Waals surface area contributed by atoms with E-state index in [9.17, 15) is 22.4 Å². The Labute approximate surface area is 188 Å². The molecule has 0 radical (unpaired) electrons. The summed E-state index contributed by atoms with van der Waals surface area (Å²) in [5.74, 6) is 0.494. The molecule has 0 aliphatic rings. The lowest BCUT2D eigenvalue weighted by atomic mass is 10.1. The molecule has 3 rings (SSSR count). The van der Waals surface area contributed by atoms with Crippen LogP contribution in [0.1, 0.15) is 16.7 Å². The zero-order chi connectivity index (χ0) is 24.0. The van der Waals surface area contributed by atoms with Crippen molar-refractivity contribution in [2.24, 2.45) is 0 Å². The van der Waals surface area contributed by atoms with Crippen LogP contribution >= 0.6 is 0 Å². The lowest BCUT2D eigenvalue weighted by molar-refractivity contribution is -0.137. The molecular formula is C24H22F4N2O3. The third-order valence-corrected chi connectivity index (χ3v) is 4.83. The van der Waals surface area contributed by atoms with Crippen molar-refractivity contribution in [1.82, 2.24) is 4.90 Å². The largest absolute Gasteiger partial charge is 0.493 e. The Balaban J connectivity index is 1.88. The summed E-state index contributed by atoms with van der Waals surface area (Å²) in [6, 6.07) is 14.5. The zero-order valence-corrected chi connectivity index (χ0v) is 17.9. The maximum atomic E-state index is 13.2. The molecule has 0 fully saturated rings. The van der Waals surface area contributed by atoms with E-state index in [1.165, 1.54) is 55.5 Å². The van der Waals surface area contributed by atoms with Gasteiger partial charge in [-0.15, -0.1) is 0 Å². The van der Waals surface area contributed by atoms with Gasteiger partial charge in [0.2, 0.25) is 0 Å². The van der Waals surface area contributed by atoms with Crippen LogP contribution in [0.3, 0.4) is 0 Å². The molecule has 0 unspecified atom stereocenters. The Hall–Kier alpha value is -3.75. The second-order valence-corrected chi connectivity index (χ2v) is 7.18. The third kappa shape index (κ3) is 6.38. The molecule has 0 aromatic heterocycles. The molecule has 0 heterocycles. The molecule has 0 saturated heterocycles. The van der Waals surface area contributed by atoms with Gasteiger partial charge in [0.15, 0.2) is 11.5 Å². The van der Waals surface area contributed by atoms with Crippen molar-refractivity contribution < 1.29 is 31.8 Å². The van der Waals surface area contributed by atoms with Crippen molar-refractivity contribution in [3.63, 3.8) is 0 Å². The fourth-order valence-corrected chi connectivity index (χ4v) is 3.20. The lowest BCUT2D eigenvalue weighted by Crippen LogP contribution is -2.34. The standard InChI is InChI=1S/C24H22F4N2O3/c1-32-21-11-6-17(13-22(21)33-2)15-30(23(31)29-20-9-7-19(25)8-10-20)14-16-4-3-5-18(12-16)24(26,27)28/h3-13H,14-15H2,1-2H3,(H,29,31). The molecule has 3 aromatic carbocycles. The summed E-state index contributed by atoms with van der Waals surface area (Å²) < 4.78 is 63.1. The summed E-state index contributed by atoms with van der Waals surface area (Å²) in [6.45, 7) is -0.0189. The Kier molecular flexibility index (Phi) is 7.42. The number of methoxy groups -OCH3 is 2. The summed E-state index contributed by atoms with van der Waals surface area (Å²) in [5, 5.41) is 2.65. The van der Waals surface area contributed by atoms with E-state index in [4.69, 9.17) is 9.47 Å². The van der Waals surface area contributed by atoms with E-state index in [-0.39, 0.29) is 13.1 Å². The number of hydrogen-bond acceptors (Lipinski definition) is 3. The maximum absolute atomic E-state index is 13.2. The van der Waals surface area contributed by atoms with Crippen LogP contribution in [0, 0.1) is 5.82 Å². The SMILES string of the molecule is COc1ccc(CN(Cc2cccc(C(F)(F)F)c2)C(=O)Nc2ccc(F)cc2)cc1OC. The monoisotopic (exact) mass is 462 g/mol. The van der Waals surface area contributed by atoms with Gasteiger partial charge in [0.25, 0.3) is 0 Å². The van der Waals surface area contributed by atoms with Gasteiger partial charge in [0, 0.05) is 18.8 Å². The number of ether oxygens (including phenoxy) is 2. The number of hydrogen-bond donors (Lipinski definition) is 1. The highest BCUT2D eigenvalue weighted by molar-refractivity contribution is 5.89. The highest BCUT2D eigenvalue weighted by Gasteiger charge is 2.30. The number of urea groups is 1. The first-order valence-electron chi connectivity index (χ1n) is 9.88. The Morgan fingerprint density at radius 3 is 2.12 bits per heavy atom. The molecule has 33 heavy (non-hydrogen) atoms. The van der Waals surface area contributed by atoms with Crippen LogP contribution in [0.25, 0.3) is 0 Å². The van der Waals surface area contributed by atoms with Gasteiger partial charge in [-0.05, 0) is 59.7 Å². The highest BCUT2D eigenvalue weighted by Crippen LogP contribution is 2.31. The maximum Gasteiger partial charge on any atom is 0.416 e. The van der Waals surface area contributed by atoms with E-state index >= 15 is 0 Å². The molecule has 0 spiro atoms. The average molecular weight is 462 g/mol. The second-order valence-electron chi connectivity index (χ2n) is 7.18. The van der Waals surface area contributed by atoms with Gasteiger partial charge in [-0.25, -0.2) is 9.18 Å². The van der Waals surface area contributed by atoms with E-state index < -0.39 is 23.6 Å². The van der Waals surface area contributed by atoms with Crippen molar-refractivity contribution in [2.45, 2.75) is 19.3 Å². The normalized spacial score (nSPS) is 11.1. The highest BCUT2D eigenvalue weighted by atomic mass is 19.4. The number of anilines is 1. The number of alkyl halides is 3.